The van der Waals surface area contributed by atoms with Crippen molar-refractivity contribution in [2.75, 3.05) is 5.75 Å². The van der Waals surface area contributed by atoms with Crippen LogP contribution in [0.2, 0.25) is 0 Å². The van der Waals surface area contributed by atoms with E-state index in [9.17, 15) is 9.59 Å². The van der Waals surface area contributed by atoms with Crippen LogP contribution >= 0.6 is 23.1 Å². The van der Waals surface area contributed by atoms with Gasteiger partial charge in [0.05, 0.1) is 4.21 Å². The summed E-state index contributed by atoms with van der Waals surface area (Å²) in [4.78, 5) is 25.5. The van der Waals surface area contributed by atoms with Gasteiger partial charge >= 0.3 is 5.97 Å². The third-order valence-electron chi connectivity index (χ3n) is 4.87. The molecule has 1 aromatic heterocycles. The summed E-state index contributed by atoms with van der Waals surface area (Å²) in [7, 11) is 0. The van der Waals surface area contributed by atoms with Crippen molar-refractivity contribution in [3.05, 3.63) is 51.9 Å². The molecule has 2 aromatic rings. The summed E-state index contributed by atoms with van der Waals surface area (Å²) in [5.41, 5.74) is 3.93. The first-order valence-corrected chi connectivity index (χ1v) is 10.7. The lowest BCUT2D eigenvalue weighted by Crippen LogP contribution is -2.41. The van der Waals surface area contributed by atoms with E-state index < -0.39 is 11.9 Å². The van der Waals surface area contributed by atoms with Crippen molar-refractivity contribution in [3.63, 3.8) is 0 Å². The number of carbonyl (C=O) groups excluding carboxylic acids is 2. The largest absolute Gasteiger partial charge is 0.461 e. The number of benzene rings is 1. The van der Waals surface area contributed by atoms with Gasteiger partial charge in [-0.15, -0.1) is 23.1 Å². The topological polar surface area (TPSA) is 43.4 Å². The Morgan fingerprint density at radius 3 is 2.50 bits per heavy atom. The molecule has 0 saturated carbocycles. The van der Waals surface area contributed by atoms with Gasteiger partial charge in [-0.25, -0.2) is 0 Å². The molecule has 3 nitrogen and oxygen atoms in total. The van der Waals surface area contributed by atoms with Crippen molar-refractivity contribution >= 4 is 34.9 Å². The van der Waals surface area contributed by atoms with Crippen LogP contribution in [0.4, 0.5) is 0 Å². The molecule has 138 valence electrons. The minimum absolute atomic E-state index is 0.0192. The first-order valence-electron chi connectivity index (χ1n) is 8.84. The van der Waals surface area contributed by atoms with Crippen LogP contribution in [0.1, 0.15) is 41.5 Å². The minimum Gasteiger partial charge on any atom is -0.461 e. The van der Waals surface area contributed by atoms with E-state index in [0.29, 0.717) is 6.42 Å². The number of hydrogen-bond donors (Lipinski definition) is 0. The van der Waals surface area contributed by atoms with Crippen LogP contribution in [-0.4, -0.2) is 23.6 Å². The van der Waals surface area contributed by atoms with Crippen LogP contribution in [-0.2, 0) is 14.3 Å². The average Bonchev–Trinajstić information content (AvgIpc) is 3.07. The second kappa shape index (κ2) is 7.97. The Morgan fingerprint density at radius 1 is 1.23 bits per heavy atom. The highest BCUT2D eigenvalue weighted by Crippen LogP contribution is 2.35. The van der Waals surface area contributed by atoms with Gasteiger partial charge < -0.3 is 4.74 Å². The SMILES string of the molecule is Cc1cc(C)c(C2C(=O)CC(C(C)CSc3cccs3)OC2=O)c(C)c1. The Balaban J connectivity index is 1.71. The van der Waals surface area contributed by atoms with Crippen molar-refractivity contribution < 1.29 is 14.3 Å². The molecule has 26 heavy (non-hydrogen) atoms. The Kier molecular flexibility index (Phi) is 5.88. The normalized spacial score (nSPS) is 21.5. The van der Waals surface area contributed by atoms with Gasteiger partial charge in [0.1, 0.15) is 12.0 Å². The van der Waals surface area contributed by atoms with E-state index in [2.05, 4.69) is 13.0 Å². The van der Waals surface area contributed by atoms with E-state index in [1.54, 1.807) is 23.1 Å². The molecule has 3 atom stereocenters. The maximum Gasteiger partial charge on any atom is 0.321 e. The smallest absolute Gasteiger partial charge is 0.321 e. The summed E-state index contributed by atoms with van der Waals surface area (Å²) >= 11 is 3.45. The van der Waals surface area contributed by atoms with E-state index in [-0.39, 0.29) is 17.8 Å². The summed E-state index contributed by atoms with van der Waals surface area (Å²) in [5, 5.41) is 2.05. The zero-order chi connectivity index (χ0) is 18.8. The number of cyclic esters (lactones) is 1. The maximum atomic E-state index is 12.8. The number of carbonyl (C=O) groups is 2. The minimum atomic E-state index is -0.774. The zero-order valence-electron chi connectivity index (χ0n) is 15.6. The van der Waals surface area contributed by atoms with Gasteiger partial charge in [0.25, 0.3) is 0 Å². The van der Waals surface area contributed by atoms with E-state index in [4.69, 9.17) is 4.74 Å². The van der Waals surface area contributed by atoms with E-state index >= 15 is 0 Å². The lowest BCUT2D eigenvalue weighted by molar-refractivity contribution is -0.162. The lowest BCUT2D eigenvalue weighted by atomic mass is 9.82. The quantitative estimate of drug-likeness (QED) is 0.407. The van der Waals surface area contributed by atoms with E-state index in [1.165, 1.54) is 4.21 Å². The summed E-state index contributed by atoms with van der Waals surface area (Å²) in [6, 6.07) is 8.16. The standard InChI is InChI=1S/C21H24O3S2/c1-12-8-13(2)19(14(3)9-12)20-16(22)10-17(24-21(20)23)15(4)11-26-18-6-5-7-25-18/h5-9,15,17,20H,10-11H2,1-4H3. The van der Waals surface area contributed by atoms with Crippen LogP contribution in [0, 0.1) is 26.7 Å². The molecular weight excluding hydrogens is 364 g/mol. The lowest BCUT2D eigenvalue weighted by Gasteiger charge is -2.32. The Morgan fingerprint density at radius 2 is 1.92 bits per heavy atom. The van der Waals surface area contributed by atoms with Crippen molar-refractivity contribution in [3.8, 4) is 0 Å². The fourth-order valence-corrected chi connectivity index (χ4v) is 5.52. The van der Waals surface area contributed by atoms with Crippen molar-refractivity contribution in [1.82, 2.24) is 0 Å². The molecule has 0 N–H and O–H groups in total. The molecule has 1 aromatic carbocycles. The third kappa shape index (κ3) is 4.04. The summed E-state index contributed by atoms with van der Waals surface area (Å²) in [6.45, 7) is 7.99. The molecule has 0 aliphatic carbocycles. The summed E-state index contributed by atoms with van der Waals surface area (Å²) in [5.74, 6) is -0.220. The number of Topliss-reactive ketones (excluding diaryl/α,β-unsaturated/α-hetero) is 1. The molecule has 0 radical (unpaired) electrons. The van der Waals surface area contributed by atoms with Crippen molar-refractivity contribution in [1.29, 1.82) is 0 Å². The van der Waals surface area contributed by atoms with Gasteiger partial charge in [0.15, 0.2) is 5.78 Å². The number of esters is 1. The first kappa shape index (κ1) is 19.2. The first-order chi connectivity index (χ1) is 12.4. The highest BCUT2D eigenvalue weighted by molar-refractivity contribution is 8.01. The van der Waals surface area contributed by atoms with Gasteiger partial charge in [-0.2, -0.15) is 0 Å². The average molecular weight is 389 g/mol. The van der Waals surface area contributed by atoms with Gasteiger partial charge in [-0.3, -0.25) is 9.59 Å². The van der Waals surface area contributed by atoms with E-state index in [0.717, 1.165) is 28.0 Å². The van der Waals surface area contributed by atoms with Crippen LogP contribution in [0.3, 0.4) is 0 Å². The molecule has 3 unspecified atom stereocenters. The molecule has 5 heteroatoms. The van der Waals surface area contributed by atoms with Crippen LogP contribution in [0.15, 0.2) is 33.9 Å². The predicted octanol–water partition coefficient (Wildman–Crippen LogP) is 5.07. The monoisotopic (exact) mass is 388 g/mol. The molecule has 0 spiro atoms. The zero-order valence-corrected chi connectivity index (χ0v) is 17.2. The highest BCUT2D eigenvalue weighted by Gasteiger charge is 2.41. The molecule has 0 bridgehead atoms. The number of thioether (sulfide) groups is 1. The van der Waals surface area contributed by atoms with Crippen LogP contribution < -0.4 is 0 Å². The van der Waals surface area contributed by atoms with Gasteiger partial charge in [0.2, 0.25) is 0 Å². The number of hydrogen-bond acceptors (Lipinski definition) is 5. The predicted molar refractivity (Wildman–Crippen MR) is 107 cm³/mol. The second-order valence-corrected chi connectivity index (χ2v) is 9.38. The maximum absolute atomic E-state index is 12.8. The van der Waals surface area contributed by atoms with E-state index in [1.807, 2.05) is 44.4 Å². The fraction of sp³-hybridized carbons (Fsp3) is 0.429. The molecule has 1 aliphatic rings. The van der Waals surface area contributed by atoms with Crippen LogP contribution in [0.5, 0.6) is 0 Å². The number of ketones is 1. The number of aryl methyl sites for hydroxylation is 3. The summed E-state index contributed by atoms with van der Waals surface area (Å²) < 4.78 is 6.97. The molecule has 1 fully saturated rings. The Hall–Kier alpha value is -1.59. The number of thiophene rings is 1. The molecule has 1 aliphatic heterocycles. The molecule has 3 rings (SSSR count). The van der Waals surface area contributed by atoms with Crippen molar-refractivity contribution in [2.24, 2.45) is 5.92 Å². The second-order valence-electron chi connectivity index (χ2n) is 7.11. The summed E-state index contributed by atoms with van der Waals surface area (Å²) in [6.07, 6.45) is -0.0280. The molecule has 2 heterocycles. The fourth-order valence-electron chi connectivity index (χ4n) is 3.62. The van der Waals surface area contributed by atoms with Gasteiger partial charge in [0, 0.05) is 18.1 Å². The molecular formula is C21H24O3S2. The van der Waals surface area contributed by atoms with Gasteiger partial charge in [-0.1, -0.05) is 30.7 Å². The molecule has 0 amide bonds. The highest BCUT2D eigenvalue weighted by atomic mass is 32.2. The molecule has 1 saturated heterocycles. The van der Waals surface area contributed by atoms with Gasteiger partial charge in [-0.05, 0) is 48.9 Å². The van der Waals surface area contributed by atoms with Crippen LogP contribution in [0.25, 0.3) is 0 Å². The number of rotatable bonds is 5. The Bertz CT molecular complexity index is 770. The number of ether oxygens (including phenoxy) is 1. The Labute approximate surface area is 163 Å². The third-order valence-corrected chi connectivity index (χ3v) is 7.29. The van der Waals surface area contributed by atoms with Crippen molar-refractivity contribution in [2.45, 2.75) is 50.3 Å².